The summed E-state index contributed by atoms with van der Waals surface area (Å²) in [5.74, 6) is 1.06. The standard InChI is InChI=1S/C29H36N2O4/c1-29(2,3)35-28(32)27-24-10-6-5-9-23(24)26(19-25(27)30)34-20-21-11-13-22(14-12-21)33-18-17-31-15-7-4-8-16-31/h5-6,9-14,19H,4,7-8,15-18,20,30H2,1-3H3. The molecule has 1 fully saturated rings. The molecule has 2 N–H and O–H groups in total. The Morgan fingerprint density at radius 1 is 0.943 bits per heavy atom. The number of ether oxygens (including phenoxy) is 3. The molecule has 0 aromatic heterocycles. The number of hydrogen-bond acceptors (Lipinski definition) is 6. The van der Waals surface area contributed by atoms with Gasteiger partial charge in [0.15, 0.2) is 0 Å². The molecule has 1 aliphatic rings. The average Bonchev–Trinajstić information content (AvgIpc) is 2.83. The molecule has 4 rings (SSSR count). The number of nitrogens with zero attached hydrogens (tertiary/aromatic N) is 1. The SMILES string of the molecule is CC(C)(C)OC(=O)c1c(N)cc(OCc2ccc(OCCN3CCCCC3)cc2)c2ccccc12. The number of anilines is 1. The van der Waals surface area contributed by atoms with Crippen molar-refractivity contribution in [1.82, 2.24) is 4.90 Å². The molecule has 0 spiro atoms. The molecule has 0 amide bonds. The second-order valence-corrected chi connectivity index (χ2v) is 10.1. The fourth-order valence-electron chi connectivity index (χ4n) is 4.36. The van der Waals surface area contributed by atoms with Crippen molar-refractivity contribution in [3.05, 3.63) is 65.7 Å². The molecule has 6 heteroatoms. The highest BCUT2D eigenvalue weighted by atomic mass is 16.6. The number of fused-ring (bicyclic) bond motifs is 1. The van der Waals surface area contributed by atoms with E-state index < -0.39 is 11.6 Å². The van der Waals surface area contributed by atoms with Gasteiger partial charge in [-0.1, -0.05) is 42.8 Å². The summed E-state index contributed by atoms with van der Waals surface area (Å²) in [7, 11) is 0. The van der Waals surface area contributed by atoms with Crippen molar-refractivity contribution in [2.45, 2.75) is 52.2 Å². The summed E-state index contributed by atoms with van der Waals surface area (Å²) in [6.45, 7) is 9.92. The third-order valence-corrected chi connectivity index (χ3v) is 6.08. The first kappa shape index (κ1) is 24.9. The van der Waals surface area contributed by atoms with Gasteiger partial charge in [-0.15, -0.1) is 0 Å². The number of carbonyl (C=O) groups is 1. The van der Waals surface area contributed by atoms with E-state index in [1.165, 1.54) is 32.4 Å². The van der Waals surface area contributed by atoms with Crippen LogP contribution in [-0.4, -0.2) is 42.7 Å². The summed E-state index contributed by atoms with van der Waals surface area (Å²) >= 11 is 0. The van der Waals surface area contributed by atoms with E-state index in [9.17, 15) is 4.79 Å². The van der Waals surface area contributed by atoms with Crippen LogP contribution in [0.15, 0.2) is 54.6 Å². The predicted molar refractivity (Wildman–Crippen MR) is 140 cm³/mol. The van der Waals surface area contributed by atoms with Crippen molar-refractivity contribution in [2.75, 3.05) is 32.0 Å². The number of esters is 1. The van der Waals surface area contributed by atoms with Gasteiger partial charge < -0.3 is 19.9 Å². The van der Waals surface area contributed by atoms with E-state index in [-0.39, 0.29) is 0 Å². The molecular formula is C29H36N2O4. The first-order valence-electron chi connectivity index (χ1n) is 12.4. The fraction of sp³-hybridized carbons (Fsp3) is 0.414. The van der Waals surface area contributed by atoms with E-state index in [4.69, 9.17) is 19.9 Å². The Hall–Kier alpha value is -3.25. The van der Waals surface area contributed by atoms with Crippen LogP contribution in [0.4, 0.5) is 5.69 Å². The Balaban J connectivity index is 1.41. The molecule has 0 unspecified atom stereocenters. The Bertz CT molecular complexity index is 1150. The minimum absolute atomic E-state index is 0.338. The molecule has 3 aromatic rings. The van der Waals surface area contributed by atoms with E-state index in [0.29, 0.717) is 35.6 Å². The third-order valence-electron chi connectivity index (χ3n) is 6.08. The molecule has 3 aromatic carbocycles. The van der Waals surface area contributed by atoms with Crippen LogP contribution in [0.1, 0.15) is 56.0 Å². The van der Waals surface area contributed by atoms with E-state index >= 15 is 0 Å². The van der Waals surface area contributed by atoms with Gasteiger partial charge in [-0.25, -0.2) is 4.79 Å². The van der Waals surface area contributed by atoms with Gasteiger partial charge in [0, 0.05) is 23.4 Å². The van der Waals surface area contributed by atoms with Crippen LogP contribution in [0.5, 0.6) is 11.5 Å². The zero-order chi connectivity index (χ0) is 24.8. The molecule has 1 heterocycles. The van der Waals surface area contributed by atoms with Crippen LogP contribution in [0.25, 0.3) is 10.8 Å². The molecule has 1 saturated heterocycles. The topological polar surface area (TPSA) is 74.0 Å². The summed E-state index contributed by atoms with van der Waals surface area (Å²) in [5.41, 5.74) is 7.42. The molecule has 0 atom stereocenters. The van der Waals surface area contributed by atoms with Crippen LogP contribution in [0.2, 0.25) is 0 Å². The van der Waals surface area contributed by atoms with Crippen molar-refractivity contribution in [3.8, 4) is 11.5 Å². The molecule has 6 nitrogen and oxygen atoms in total. The number of nitrogens with two attached hydrogens (primary N) is 1. The van der Waals surface area contributed by atoms with Gasteiger partial charge in [-0.2, -0.15) is 0 Å². The number of carbonyl (C=O) groups excluding carboxylic acids is 1. The Morgan fingerprint density at radius 2 is 1.63 bits per heavy atom. The summed E-state index contributed by atoms with van der Waals surface area (Å²) in [6.07, 6.45) is 3.93. The second-order valence-electron chi connectivity index (χ2n) is 10.1. The van der Waals surface area contributed by atoms with Crippen LogP contribution < -0.4 is 15.2 Å². The number of piperidine rings is 1. The summed E-state index contributed by atoms with van der Waals surface area (Å²) < 4.78 is 17.7. The van der Waals surface area contributed by atoms with Gasteiger partial charge in [0.2, 0.25) is 0 Å². The largest absolute Gasteiger partial charge is 0.492 e. The molecule has 1 aliphatic heterocycles. The number of rotatable bonds is 8. The molecule has 0 radical (unpaired) electrons. The van der Waals surface area contributed by atoms with Crippen LogP contribution in [-0.2, 0) is 11.3 Å². The van der Waals surface area contributed by atoms with E-state index in [2.05, 4.69) is 4.90 Å². The lowest BCUT2D eigenvalue weighted by Crippen LogP contribution is -2.33. The Kier molecular flexibility index (Phi) is 7.81. The monoisotopic (exact) mass is 476 g/mol. The number of nitrogen functional groups attached to an aromatic ring is 1. The van der Waals surface area contributed by atoms with Crippen molar-refractivity contribution in [2.24, 2.45) is 0 Å². The third kappa shape index (κ3) is 6.67. The fourth-order valence-corrected chi connectivity index (χ4v) is 4.36. The minimum atomic E-state index is -0.608. The van der Waals surface area contributed by atoms with E-state index in [0.717, 1.165) is 23.2 Å². The lowest BCUT2D eigenvalue weighted by Gasteiger charge is -2.26. The van der Waals surface area contributed by atoms with Gasteiger partial charge >= 0.3 is 5.97 Å². The lowest BCUT2D eigenvalue weighted by molar-refractivity contribution is 0.00730. The molecule has 35 heavy (non-hydrogen) atoms. The highest BCUT2D eigenvalue weighted by Crippen LogP contribution is 2.34. The Morgan fingerprint density at radius 3 is 2.31 bits per heavy atom. The normalized spacial score (nSPS) is 14.6. The first-order valence-corrected chi connectivity index (χ1v) is 12.4. The van der Waals surface area contributed by atoms with E-state index in [1.54, 1.807) is 6.07 Å². The highest BCUT2D eigenvalue weighted by Gasteiger charge is 2.23. The molecule has 0 bridgehead atoms. The number of hydrogen-bond donors (Lipinski definition) is 1. The average molecular weight is 477 g/mol. The predicted octanol–water partition coefficient (Wildman–Crippen LogP) is 5.82. The summed E-state index contributed by atoms with van der Waals surface area (Å²) in [6, 6.07) is 17.3. The maximum atomic E-state index is 12.8. The maximum absolute atomic E-state index is 12.8. The lowest BCUT2D eigenvalue weighted by atomic mass is 10.0. The second kappa shape index (κ2) is 11.0. The van der Waals surface area contributed by atoms with Crippen LogP contribution >= 0.6 is 0 Å². The summed E-state index contributed by atoms with van der Waals surface area (Å²) in [4.78, 5) is 15.3. The van der Waals surface area contributed by atoms with Crippen molar-refractivity contribution in [3.63, 3.8) is 0 Å². The first-order chi connectivity index (χ1) is 16.8. The molecular weight excluding hydrogens is 440 g/mol. The Labute approximate surface area is 208 Å². The maximum Gasteiger partial charge on any atom is 0.341 e. The van der Waals surface area contributed by atoms with E-state index in [1.807, 2.05) is 69.3 Å². The van der Waals surface area contributed by atoms with Crippen molar-refractivity contribution >= 4 is 22.4 Å². The highest BCUT2D eigenvalue weighted by molar-refractivity contribution is 6.11. The van der Waals surface area contributed by atoms with Gasteiger partial charge in [0.1, 0.15) is 30.3 Å². The van der Waals surface area contributed by atoms with Crippen molar-refractivity contribution < 1.29 is 19.0 Å². The molecule has 0 saturated carbocycles. The quantitative estimate of drug-likeness (QED) is 0.326. The summed E-state index contributed by atoms with van der Waals surface area (Å²) in [5, 5.41) is 1.54. The van der Waals surface area contributed by atoms with Gasteiger partial charge in [0.25, 0.3) is 0 Å². The van der Waals surface area contributed by atoms with Gasteiger partial charge in [0.05, 0.1) is 11.3 Å². The van der Waals surface area contributed by atoms with Crippen molar-refractivity contribution in [1.29, 1.82) is 0 Å². The van der Waals surface area contributed by atoms with Crippen LogP contribution in [0.3, 0.4) is 0 Å². The van der Waals surface area contributed by atoms with Gasteiger partial charge in [-0.05, 0) is 64.4 Å². The zero-order valence-electron chi connectivity index (χ0n) is 21.0. The van der Waals surface area contributed by atoms with Gasteiger partial charge in [-0.3, -0.25) is 4.90 Å². The smallest absolute Gasteiger partial charge is 0.341 e. The molecule has 0 aliphatic carbocycles. The molecule has 186 valence electrons. The van der Waals surface area contributed by atoms with Crippen LogP contribution in [0, 0.1) is 0 Å². The zero-order valence-corrected chi connectivity index (χ0v) is 21.0. The number of likely N-dealkylation sites (tertiary alicyclic amines) is 1. The minimum Gasteiger partial charge on any atom is -0.492 e. The number of benzene rings is 3.